The standard InChI is InChI=1S/C17H22N2O/c1-12-10-13(7-9-19(12)2)11-15-17-14(6-8-18-15)4-3-5-16(17)20/h3-6,8,12-13,20H,7,9-11H2,1-2H3/t12-,13-/m0/s1. The third-order valence-corrected chi connectivity index (χ3v) is 4.65. The van der Waals surface area contributed by atoms with Crippen molar-refractivity contribution in [2.24, 2.45) is 5.92 Å². The Morgan fingerprint density at radius 1 is 1.35 bits per heavy atom. The van der Waals surface area contributed by atoms with Crippen molar-refractivity contribution in [1.82, 2.24) is 9.88 Å². The lowest BCUT2D eigenvalue weighted by Crippen LogP contribution is -2.38. The molecule has 1 fully saturated rings. The van der Waals surface area contributed by atoms with Gasteiger partial charge in [-0.25, -0.2) is 0 Å². The first-order chi connectivity index (χ1) is 9.65. The smallest absolute Gasteiger partial charge is 0.125 e. The van der Waals surface area contributed by atoms with Gasteiger partial charge in [-0.15, -0.1) is 0 Å². The zero-order chi connectivity index (χ0) is 14.1. The number of pyridine rings is 1. The summed E-state index contributed by atoms with van der Waals surface area (Å²) < 4.78 is 0. The molecule has 0 spiro atoms. The number of aromatic nitrogens is 1. The monoisotopic (exact) mass is 270 g/mol. The minimum Gasteiger partial charge on any atom is -0.507 e. The molecule has 1 aliphatic rings. The Bertz CT molecular complexity index is 606. The maximum atomic E-state index is 10.1. The molecule has 1 N–H and O–H groups in total. The van der Waals surface area contributed by atoms with Crippen LogP contribution in [0.25, 0.3) is 10.8 Å². The van der Waals surface area contributed by atoms with E-state index in [1.54, 1.807) is 6.07 Å². The molecule has 0 radical (unpaired) electrons. The van der Waals surface area contributed by atoms with Crippen molar-refractivity contribution in [3.63, 3.8) is 0 Å². The summed E-state index contributed by atoms with van der Waals surface area (Å²) >= 11 is 0. The van der Waals surface area contributed by atoms with E-state index in [1.807, 2.05) is 24.4 Å². The van der Waals surface area contributed by atoms with Crippen molar-refractivity contribution < 1.29 is 5.11 Å². The summed E-state index contributed by atoms with van der Waals surface area (Å²) in [4.78, 5) is 6.95. The number of hydrogen-bond donors (Lipinski definition) is 1. The fourth-order valence-corrected chi connectivity index (χ4v) is 3.28. The minimum absolute atomic E-state index is 0.353. The van der Waals surface area contributed by atoms with Crippen molar-refractivity contribution in [1.29, 1.82) is 0 Å². The highest BCUT2D eigenvalue weighted by Crippen LogP contribution is 2.31. The second kappa shape index (κ2) is 5.41. The highest BCUT2D eigenvalue weighted by Gasteiger charge is 2.24. The van der Waals surface area contributed by atoms with E-state index in [2.05, 4.69) is 23.9 Å². The van der Waals surface area contributed by atoms with E-state index < -0.39 is 0 Å². The number of likely N-dealkylation sites (tertiary alicyclic amines) is 1. The molecule has 2 atom stereocenters. The first-order valence-electron chi connectivity index (χ1n) is 7.41. The van der Waals surface area contributed by atoms with Crippen molar-refractivity contribution in [3.05, 3.63) is 36.2 Å². The van der Waals surface area contributed by atoms with Crippen LogP contribution in [-0.2, 0) is 6.42 Å². The van der Waals surface area contributed by atoms with Crippen LogP contribution >= 0.6 is 0 Å². The quantitative estimate of drug-likeness (QED) is 0.910. The first kappa shape index (κ1) is 13.4. The maximum Gasteiger partial charge on any atom is 0.125 e. The van der Waals surface area contributed by atoms with Crippen LogP contribution in [0.5, 0.6) is 5.75 Å². The highest BCUT2D eigenvalue weighted by atomic mass is 16.3. The number of aromatic hydroxyl groups is 1. The van der Waals surface area contributed by atoms with Gasteiger partial charge in [0, 0.05) is 17.6 Å². The summed E-state index contributed by atoms with van der Waals surface area (Å²) in [5.41, 5.74) is 1.04. The molecule has 0 saturated carbocycles. The minimum atomic E-state index is 0.353. The van der Waals surface area contributed by atoms with E-state index in [4.69, 9.17) is 0 Å². The van der Waals surface area contributed by atoms with E-state index in [0.29, 0.717) is 17.7 Å². The lowest BCUT2D eigenvalue weighted by atomic mass is 9.87. The van der Waals surface area contributed by atoms with Crippen LogP contribution in [0.2, 0.25) is 0 Å². The summed E-state index contributed by atoms with van der Waals surface area (Å²) in [6.07, 6.45) is 5.25. The molecule has 3 nitrogen and oxygen atoms in total. The van der Waals surface area contributed by atoms with Crippen molar-refractivity contribution in [3.8, 4) is 5.75 Å². The zero-order valence-corrected chi connectivity index (χ0v) is 12.2. The molecule has 1 aromatic heterocycles. The summed E-state index contributed by atoms with van der Waals surface area (Å²) in [6.45, 7) is 3.45. The Balaban J connectivity index is 1.88. The lowest BCUT2D eigenvalue weighted by Gasteiger charge is -2.35. The molecule has 3 heteroatoms. The van der Waals surface area contributed by atoms with Gasteiger partial charge in [0.25, 0.3) is 0 Å². The van der Waals surface area contributed by atoms with Gasteiger partial charge in [0.05, 0.1) is 5.69 Å². The Hall–Kier alpha value is -1.61. The van der Waals surface area contributed by atoms with Gasteiger partial charge < -0.3 is 10.0 Å². The molecule has 0 aliphatic carbocycles. The Morgan fingerprint density at radius 2 is 2.20 bits per heavy atom. The van der Waals surface area contributed by atoms with E-state index >= 15 is 0 Å². The van der Waals surface area contributed by atoms with Gasteiger partial charge in [0.2, 0.25) is 0 Å². The number of fused-ring (bicyclic) bond motifs is 1. The summed E-state index contributed by atoms with van der Waals surface area (Å²) in [5.74, 6) is 1.02. The van der Waals surface area contributed by atoms with Crippen molar-refractivity contribution in [2.45, 2.75) is 32.2 Å². The van der Waals surface area contributed by atoms with Gasteiger partial charge >= 0.3 is 0 Å². The number of benzene rings is 1. The molecule has 3 rings (SSSR count). The zero-order valence-electron chi connectivity index (χ0n) is 12.2. The lowest BCUT2D eigenvalue weighted by molar-refractivity contribution is 0.153. The Labute approximate surface area is 120 Å². The predicted octanol–water partition coefficient (Wildman–Crippen LogP) is 3.21. The number of phenols is 1. The normalized spacial score (nSPS) is 24.1. The molecular formula is C17H22N2O. The summed E-state index contributed by atoms with van der Waals surface area (Å²) in [5, 5.41) is 12.1. The predicted molar refractivity (Wildman–Crippen MR) is 81.9 cm³/mol. The van der Waals surface area contributed by atoms with Crippen LogP contribution in [0.15, 0.2) is 30.5 Å². The molecule has 0 unspecified atom stereocenters. The van der Waals surface area contributed by atoms with Gasteiger partial charge in [-0.2, -0.15) is 0 Å². The van der Waals surface area contributed by atoms with Gasteiger partial charge in [0.1, 0.15) is 5.75 Å². The highest BCUT2D eigenvalue weighted by molar-refractivity contribution is 5.89. The van der Waals surface area contributed by atoms with Crippen molar-refractivity contribution in [2.75, 3.05) is 13.6 Å². The van der Waals surface area contributed by atoms with Crippen LogP contribution in [0.4, 0.5) is 0 Å². The second-order valence-corrected chi connectivity index (χ2v) is 6.06. The average Bonchev–Trinajstić information content (AvgIpc) is 2.43. The topological polar surface area (TPSA) is 36.4 Å². The molecule has 2 heterocycles. The number of phenolic OH excluding ortho intramolecular Hbond substituents is 1. The molecular weight excluding hydrogens is 248 g/mol. The number of piperidine rings is 1. The van der Waals surface area contributed by atoms with E-state index in [0.717, 1.165) is 29.4 Å². The molecule has 0 bridgehead atoms. The third kappa shape index (κ3) is 2.50. The van der Waals surface area contributed by atoms with Crippen LogP contribution in [-0.4, -0.2) is 34.6 Å². The average molecular weight is 270 g/mol. The molecule has 106 valence electrons. The number of hydrogen-bond acceptors (Lipinski definition) is 3. The van der Waals surface area contributed by atoms with Gasteiger partial charge in [0.15, 0.2) is 0 Å². The summed E-state index contributed by atoms with van der Waals surface area (Å²) in [6, 6.07) is 8.29. The maximum absolute atomic E-state index is 10.1. The number of rotatable bonds is 2. The molecule has 20 heavy (non-hydrogen) atoms. The van der Waals surface area contributed by atoms with Gasteiger partial charge in [-0.05, 0) is 63.2 Å². The fourth-order valence-electron chi connectivity index (χ4n) is 3.28. The Kier molecular flexibility index (Phi) is 3.62. The third-order valence-electron chi connectivity index (χ3n) is 4.65. The van der Waals surface area contributed by atoms with E-state index in [9.17, 15) is 5.11 Å². The van der Waals surface area contributed by atoms with Crippen LogP contribution in [0.1, 0.15) is 25.5 Å². The first-order valence-corrected chi connectivity index (χ1v) is 7.41. The second-order valence-electron chi connectivity index (χ2n) is 6.06. The van der Waals surface area contributed by atoms with Crippen molar-refractivity contribution >= 4 is 10.8 Å². The molecule has 1 aromatic carbocycles. The largest absolute Gasteiger partial charge is 0.507 e. The summed E-state index contributed by atoms with van der Waals surface area (Å²) in [7, 11) is 2.20. The molecule has 2 aromatic rings. The van der Waals surface area contributed by atoms with E-state index in [-0.39, 0.29) is 0 Å². The number of nitrogens with zero attached hydrogens (tertiary/aromatic N) is 2. The fraction of sp³-hybridized carbons (Fsp3) is 0.471. The van der Waals surface area contributed by atoms with Gasteiger partial charge in [-0.3, -0.25) is 4.98 Å². The SMILES string of the molecule is C[C@H]1C[C@@H](Cc2nccc3cccc(O)c23)CCN1C. The van der Waals surface area contributed by atoms with Crippen LogP contribution < -0.4 is 0 Å². The molecule has 1 aliphatic heterocycles. The molecule has 1 saturated heterocycles. The van der Waals surface area contributed by atoms with Crippen LogP contribution in [0.3, 0.4) is 0 Å². The van der Waals surface area contributed by atoms with E-state index in [1.165, 1.54) is 12.8 Å². The van der Waals surface area contributed by atoms with Crippen LogP contribution in [0, 0.1) is 5.92 Å². The Morgan fingerprint density at radius 3 is 3.00 bits per heavy atom. The molecule has 0 amide bonds. The van der Waals surface area contributed by atoms with Gasteiger partial charge in [-0.1, -0.05) is 12.1 Å².